The second kappa shape index (κ2) is 10.1. The van der Waals surface area contributed by atoms with Crippen molar-refractivity contribution in [3.8, 4) is 0 Å². The monoisotopic (exact) mass is 306 g/mol. The van der Waals surface area contributed by atoms with E-state index in [-0.39, 0.29) is 5.60 Å². The maximum Gasteiger partial charge on any atom is 0.179 e. The van der Waals surface area contributed by atoms with Crippen LogP contribution in [0, 0.1) is 0 Å². The van der Waals surface area contributed by atoms with E-state index in [1.807, 2.05) is 32.9 Å². The molecule has 0 bridgehead atoms. The van der Waals surface area contributed by atoms with Gasteiger partial charge in [-0.15, -0.1) is 0 Å². The highest BCUT2D eigenvalue weighted by Crippen LogP contribution is 2.19. The number of hydrogen-bond acceptors (Lipinski definition) is 3. The fourth-order valence-corrected chi connectivity index (χ4v) is 1.73. The van der Waals surface area contributed by atoms with Gasteiger partial charge in [0.2, 0.25) is 0 Å². The minimum Gasteiger partial charge on any atom is -0.474 e. The normalized spacial score (nSPS) is 11.9. The SMILES string of the molecule is C=C(NCCC)OC(C)(C)C.CC[C@@H](C)c1ccc(N)cc1. The molecule has 0 saturated carbocycles. The van der Waals surface area contributed by atoms with E-state index in [1.165, 1.54) is 12.0 Å². The van der Waals surface area contributed by atoms with E-state index >= 15 is 0 Å². The van der Waals surface area contributed by atoms with Crippen LogP contribution in [0.15, 0.2) is 36.7 Å². The van der Waals surface area contributed by atoms with Crippen LogP contribution in [-0.4, -0.2) is 12.1 Å². The number of nitrogens with two attached hydrogens (primary N) is 1. The first-order valence-electron chi connectivity index (χ1n) is 8.16. The summed E-state index contributed by atoms with van der Waals surface area (Å²) in [4.78, 5) is 0. The van der Waals surface area contributed by atoms with Crippen molar-refractivity contribution in [2.24, 2.45) is 0 Å². The zero-order valence-corrected chi connectivity index (χ0v) is 15.2. The van der Waals surface area contributed by atoms with Crippen molar-refractivity contribution in [2.75, 3.05) is 12.3 Å². The van der Waals surface area contributed by atoms with Gasteiger partial charge in [0.05, 0.1) is 0 Å². The molecule has 0 heterocycles. The Balaban J connectivity index is 0.000000401. The Labute approximate surface area is 136 Å². The van der Waals surface area contributed by atoms with Gasteiger partial charge in [0.25, 0.3) is 0 Å². The van der Waals surface area contributed by atoms with Crippen LogP contribution in [0.5, 0.6) is 0 Å². The van der Waals surface area contributed by atoms with Gasteiger partial charge < -0.3 is 15.8 Å². The lowest BCUT2D eigenvalue weighted by atomic mass is 9.99. The Kier molecular flexibility index (Phi) is 9.39. The molecule has 1 atom stereocenters. The third-order valence-electron chi connectivity index (χ3n) is 3.12. The van der Waals surface area contributed by atoms with E-state index in [0.29, 0.717) is 11.8 Å². The average Bonchev–Trinajstić information content (AvgIpc) is 2.44. The molecule has 1 aromatic carbocycles. The summed E-state index contributed by atoms with van der Waals surface area (Å²) >= 11 is 0. The summed E-state index contributed by atoms with van der Waals surface area (Å²) in [5.74, 6) is 1.31. The first-order chi connectivity index (χ1) is 10.2. The van der Waals surface area contributed by atoms with Crippen molar-refractivity contribution in [1.29, 1.82) is 0 Å². The molecule has 3 nitrogen and oxygen atoms in total. The summed E-state index contributed by atoms with van der Waals surface area (Å²) in [6, 6.07) is 8.12. The predicted molar refractivity (Wildman–Crippen MR) is 97.8 cm³/mol. The number of rotatable bonds is 6. The van der Waals surface area contributed by atoms with E-state index in [2.05, 4.69) is 44.8 Å². The van der Waals surface area contributed by atoms with Crippen LogP contribution < -0.4 is 11.1 Å². The Hall–Kier alpha value is -1.64. The maximum absolute atomic E-state index is 5.57. The molecule has 22 heavy (non-hydrogen) atoms. The lowest BCUT2D eigenvalue weighted by Gasteiger charge is -2.23. The van der Waals surface area contributed by atoms with Crippen molar-refractivity contribution in [3.05, 3.63) is 42.3 Å². The predicted octanol–water partition coefficient (Wildman–Crippen LogP) is 5.05. The van der Waals surface area contributed by atoms with Crippen molar-refractivity contribution in [3.63, 3.8) is 0 Å². The molecule has 1 rings (SSSR count). The lowest BCUT2D eigenvalue weighted by Crippen LogP contribution is -2.25. The van der Waals surface area contributed by atoms with Crippen LogP contribution in [0.4, 0.5) is 5.69 Å². The second-order valence-electron chi connectivity index (χ2n) is 6.54. The van der Waals surface area contributed by atoms with Gasteiger partial charge in [0, 0.05) is 12.2 Å². The summed E-state index contributed by atoms with van der Waals surface area (Å²) in [7, 11) is 0. The van der Waals surface area contributed by atoms with Gasteiger partial charge >= 0.3 is 0 Å². The molecule has 0 amide bonds. The zero-order valence-electron chi connectivity index (χ0n) is 15.2. The summed E-state index contributed by atoms with van der Waals surface area (Å²) in [6.45, 7) is 17.2. The minimum absolute atomic E-state index is 0.141. The number of benzene rings is 1. The second-order valence-corrected chi connectivity index (χ2v) is 6.54. The number of ether oxygens (including phenoxy) is 1. The van der Waals surface area contributed by atoms with Crippen molar-refractivity contribution in [1.82, 2.24) is 5.32 Å². The molecule has 0 spiro atoms. The minimum atomic E-state index is -0.141. The van der Waals surface area contributed by atoms with E-state index < -0.39 is 0 Å². The molecule has 3 N–H and O–H groups in total. The molecule has 0 unspecified atom stereocenters. The quantitative estimate of drug-likeness (QED) is 0.571. The van der Waals surface area contributed by atoms with Gasteiger partial charge in [-0.2, -0.15) is 0 Å². The summed E-state index contributed by atoms with van der Waals surface area (Å²) in [5, 5.41) is 3.07. The highest BCUT2D eigenvalue weighted by molar-refractivity contribution is 5.40. The molecule has 0 radical (unpaired) electrons. The Bertz CT molecular complexity index is 418. The maximum atomic E-state index is 5.57. The van der Waals surface area contributed by atoms with Crippen LogP contribution in [-0.2, 0) is 4.74 Å². The molecule has 0 aromatic heterocycles. The highest BCUT2D eigenvalue weighted by Gasteiger charge is 2.11. The van der Waals surface area contributed by atoms with Gasteiger partial charge in [0.1, 0.15) is 5.60 Å². The number of nitrogens with one attached hydrogen (secondary N) is 1. The number of hydrogen-bond donors (Lipinski definition) is 2. The highest BCUT2D eigenvalue weighted by atomic mass is 16.5. The third kappa shape index (κ3) is 10.1. The number of anilines is 1. The average molecular weight is 306 g/mol. The van der Waals surface area contributed by atoms with Crippen molar-refractivity contribution in [2.45, 2.75) is 65.9 Å². The fourth-order valence-electron chi connectivity index (χ4n) is 1.73. The molecule has 0 aliphatic rings. The van der Waals surface area contributed by atoms with Crippen LogP contribution in [0.1, 0.15) is 65.9 Å². The van der Waals surface area contributed by atoms with E-state index in [1.54, 1.807) is 0 Å². The fraction of sp³-hybridized carbons (Fsp3) is 0.579. The Morgan fingerprint density at radius 3 is 2.18 bits per heavy atom. The van der Waals surface area contributed by atoms with Crippen molar-refractivity contribution >= 4 is 5.69 Å². The summed E-state index contributed by atoms with van der Waals surface area (Å²) < 4.78 is 5.43. The molecule has 3 heteroatoms. The molecule has 126 valence electrons. The van der Waals surface area contributed by atoms with Gasteiger partial charge in [-0.3, -0.25) is 0 Å². The van der Waals surface area contributed by atoms with Crippen molar-refractivity contribution < 1.29 is 4.74 Å². The Morgan fingerprint density at radius 1 is 1.23 bits per heavy atom. The van der Waals surface area contributed by atoms with Crippen LogP contribution in [0.2, 0.25) is 0 Å². The molecule has 0 aliphatic carbocycles. The molecule has 0 aliphatic heterocycles. The summed E-state index contributed by atoms with van der Waals surface area (Å²) in [6.07, 6.45) is 2.27. The van der Waals surface area contributed by atoms with E-state index in [9.17, 15) is 0 Å². The van der Waals surface area contributed by atoms with Gasteiger partial charge in [-0.05, 0) is 63.8 Å². The zero-order chi connectivity index (χ0) is 17.2. The van der Waals surface area contributed by atoms with E-state index in [4.69, 9.17) is 10.5 Å². The molecular formula is C19H34N2O. The standard InChI is InChI=1S/C10H15N.C9H19NO/c1-3-8(2)9-4-6-10(11)7-5-9;1-6-7-10-8(2)11-9(3,4)5/h4-8H,3,11H2,1-2H3;10H,2,6-7H2,1,3-5H3/t8-;/m1./s1. The third-order valence-corrected chi connectivity index (χ3v) is 3.12. The largest absolute Gasteiger partial charge is 0.474 e. The first kappa shape index (κ1) is 20.4. The topological polar surface area (TPSA) is 47.3 Å². The van der Waals surface area contributed by atoms with Crippen LogP contribution in [0.3, 0.4) is 0 Å². The van der Waals surface area contributed by atoms with Gasteiger partial charge in [-0.1, -0.05) is 32.9 Å². The first-order valence-corrected chi connectivity index (χ1v) is 8.16. The molecular weight excluding hydrogens is 272 g/mol. The van der Waals surface area contributed by atoms with Gasteiger partial charge in [-0.25, -0.2) is 0 Å². The smallest absolute Gasteiger partial charge is 0.179 e. The summed E-state index contributed by atoms with van der Waals surface area (Å²) in [5.41, 5.74) is 7.65. The number of nitrogen functional groups attached to an aromatic ring is 1. The van der Waals surface area contributed by atoms with Gasteiger partial charge in [0.15, 0.2) is 5.88 Å². The Morgan fingerprint density at radius 2 is 1.77 bits per heavy atom. The van der Waals surface area contributed by atoms with E-state index in [0.717, 1.165) is 18.7 Å². The molecule has 0 saturated heterocycles. The lowest BCUT2D eigenvalue weighted by molar-refractivity contribution is 0.0416. The van der Waals surface area contributed by atoms with Crippen LogP contribution >= 0.6 is 0 Å². The molecule has 1 aromatic rings. The van der Waals surface area contributed by atoms with Crippen LogP contribution in [0.25, 0.3) is 0 Å². The molecule has 0 fully saturated rings.